The molecular weight excluding hydrogens is 221 g/mol. The Morgan fingerprint density at radius 2 is 2.29 bits per heavy atom. The Bertz CT molecular complexity index is 380. The number of carbonyl (C=O) groups is 1. The predicted molar refractivity (Wildman–Crippen MR) is 64.0 cm³/mol. The van der Waals surface area contributed by atoms with E-state index in [0.29, 0.717) is 13.0 Å². The second-order valence-corrected chi connectivity index (χ2v) is 4.27. The number of pyridine rings is 1. The molecule has 0 saturated carbocycles. The summed E-state index contributed by atoms with van der Waals surface area (Å²) in [5.41, 5.74) is 5.37. The molecule has 0 aliphatic heterocycles. The molecule has 0 radical (unpaired) electrons. The smallest absolute Gasteiger partial charge is 0.270 e. The van der Waals surface area contributed by atoms with E-state index in [1.807, 2.05) is 13.8 Å². The van der Waals surface area contributed by atoms with Crippen LogP contribution in [0.5, 0.6) is 0 Å². The summed E-state index contributed by atoms with van der Waals surface area (Å²) in [6, 6.07) is 2.58. The Hall–Kier alpha value is -1.49. The average molecular weight is 239 g/mol. The van der Waals surface area contributed by atoms with Gasteiger partial charge in [0.2, 0.25) is 0 Å². The summed E-state index contributed by atoms with van der Waals surface area (Å²) in [4.78, 5) is 15.6. The summed E-state index contributed by atoms with van der Waals surface area (Å²) >= 11 is 0. The molecule has 94 valence electrons. The van der Waals surface area contributed by atoms with Crippen molar-refractivity contribution in [2.75, 3.05) is 6.54 Å². The summed E-state index contributed by atoms with van der Waals surface area (Å²) in [7, 11) is 0. The van der Waals surface area contributed by atoms with E-state index in [4.69, 9.17) is 5.73 Å². The second kappa shape index (κ2) is 5.72. The Morgan fingerprint density at radius 3 is 2.76 bits per heavy atom. The van der Waals surface area contributed by atoms with Gasteiger partial charge < -0.3 is 11.1 Å². The molecule has 0 saturated heterocycles. The van der Waals surface area contributed by atoms with Crippen molar-refractivity contribution in [2.24, 2.45) is 5.73 Å². The van der Waals surface area contributed by atoms with Crippen molar-refractivity contribution in [3.05, 3.63) is 29.8 Å². The molecule has 4 nitrogen and oxygen atoms in total. The monoisotopic (exact) mass is 239 g/mol. The fourth-order valence-electron chi connectivity index (χ4n) is 1.49. The average Bonchev–Trinajstić information content (AvgIpc) is 2.30. The Morgan fingerprint density at radius 1 is 1.59 bits per heavy atom. The molecule has 0 bridgehead atoms. The Labute approximate surface area is 100 Å². The zero-order chi connectivity index (χ0) is 12.9. The lowest BCUT2D eigenvalue weighted by Crippen LogP contribution is -2.47. The van der Waals surface area contributed by atoms with Crippen LogP contribution in [-0.2, 0) is 0 Å². The molecule has 0 spiro atoms. The minimum absolute atomic E-state index is 0.211. The van der Waals surface area contributed by atoms with Gasteiger partial charge in [0.05, 0.1) is 6.20 Å². The highest BCUT2D eigenvalue weighted by molar-refractivity contribution is 5.92. The maximum atomic E-state index is 12.7. The number of hydrogen-bond acceptors (Lipinski definition) is 3. The summed E-state index contributed by atoms with van der Waals surface area (Å²) in [6.07, 6.45) is 2.49. The third kappa shape index (κ3) is 3.78. The van der Waals surface area contributed by atoms with Crippen LogP contribution in [0.4, 0.5) is 4.39 Å². The highest BCUT2D eigenvalue weighted by atomic mass is 19.1. The maximum Gasteiger partial charge on any atom is 0.270 e. The van der Waals surface area contributed by atoms with Gasteiger partial charge in [0.1, 0.15) is 11.5 Å². The first-order valence-electron chi connectivity index (χ1n) is 5.65. The number of nitrogens with two attached hydrogens (primary N) is 1. The minimum atomic E-state index is -0.457. The van der Waals surface area contributed by atoms with Crippen LogP contribution in [-0.4, -0.2) is 23.0 Å². The molecule has 0 aliphatic carbocycles. The van der Waals surface area contributed by atoms with Gasteiger partial charge in [-0.2, -0.15) is 0 Å². The number of nitrogens with one attached hydrogen (secondary N) is 1. The largest absolute Gasteiger partial charge is 0.346 e. The second-order valence-electron chi connectivity index (χ2n) is 4.27. The molecule has 1 amide bonds. The topological polar surface area (TPSA) is 68.0 Å². The van der Waals surface area contributed by atoms with E-state index in [0.717, 1.165) is 12.6 Å². The van der Waals surface area contributed by atoms with Crippen molar-refractivity contribution in [3.63, 3.8) is 0 Å². The van der Waals surface area contributed by atoms with Crippen LogP contribution >= 0.6 is 0 Å². The molecule has 0 fully saturated rings. The van der Waals surface area contributed by atoms with E-state index < -0.39 is 5.82 Å². The summed E-state index contributed by atoms with van der Waals surface area (Å²) in [5.74, 6) is -0.760. The number of halogens is 1. The summed E-state index contributed by atoms with van der Waals surface area (Å²) in [6.45, 7) is 4.41. The molecule has 0 aliphatic rings. The van der Waals surface area contributed by atoms with Crippen LogP contribution in [0.25, 0.3) is 0 Å². The number of hydrogen-bond donors (Lipinski definition) is 2. The lowest BCUT2D eigenvalue weighted by atomic mass is 9.94. The lowest BCUT2D eigenvalue weighted by Gasteiger charge is -2.29. The van der Waals surface area contributed by atoms with Crippen LogP contribution < -0.4 is 11.1 Å². The fraction of sp³-hybridized carbons (Fsp3) is 0.500. The SMILES string of the molecule is CCC(C)(CCN)NC(=O)c1ccc(F)cn1. The van der Waals surface area contributed by atoms with Crippen molar-refractivity contribution >= 4 is 5.91 Å². The van der Waals surface area contributed by atoms with Crippen LogP contribution in [0.3, 0.4) is 0 Å². The van der Waals surface area contributed by atoms with Gasteiger partial charge in [-0.25, -0.2) is 9.37 Å². The van der Waals surface area contributed by atoms with Gasteiger partial charge in [-0.1, -0.05) is 6.92 Å². The van der Waals surface area contributed by atoms with Gasteiger partial charge in [-0.3, -0.25) is 4.79 Å². The first kappa shape index (κ1) is 13.6. The quantitative estimate of drug-likeness (QED) is 0.817. The van der Waals surface area contributed by atoms with Gasteiger partial charge in [0, 0.05) is 5.54 Å². The minimum Gasteiger partial charge on any atom is -0.346 e. The molecule has 3 N–H and O–H groups in total. The highest BCUT2D eigenvalue weighted by Crippen LogP contribution is 2.14. The summed E-state index contributed by atoms with van der Waals surface area (Å²) < 4.78 is 12.7. The first-order chi connectivity index (χ1) is 8.00. The van der Waals surface area contributed by atoms with Crippen LogP contribution in [0.2, 0.25) is 0 Å². The third-order valence-electron chi connectivity index (χ3n) is 2.85. The Balaban J connectivity index is 2.74. The van der Waals surface area contributed by atoms with Crippen molar-refractivity contribution in [1.82, 2.24) is 10.3 Å². The van der Waals surface area contributed by atoms with Crippen LogP contribution in [0.1, 0.15) is 37.2 Å². The molecule has 17 heavy (non-hydrogen) atoms. The molecule has 1 unspecified atom stereocenters. The number of rotatable bonds is 5. The van der Waals surface area contributed by atoms with E-state index >= 15 is 0 Å². The van der Waals surface area contributed by atoms with E-state index in [2.05, 4.69) is 10.3 Å². The first-order valence-corrected chi connectivity index (χ1v) is 5.65. The molecule has 5 heteroatoms. The molecule has 1 aromatic rings. The van der Waals surface area contributed by atoms with Gasteiger partial charge in [0.15, 0.2) is 0 Å². The van der Waals surface area contributed by atoms with Crippen molar-refractivity contribution in [1.29, 1.82) is 0 Å². The maximum absolute atomic E-state index is 12.7. The zero-order valence-electron chi connectivity index (χ0n) is 10.2. The van der Waals surface area contributed by atoms with Gasteiger partial charge >= 0.3 is 0 Å². The van der Waals surface area contributed by atoms with E-state index in [1.165, 1.54) is 12.1 Å². The molecule has 1 heterocycles. The van der Waals surface area contributed by atoms with E-state index in [-0.39, 0.29) is 17.1 Å². The number of nitrogens with zero attached hydrogens (tertiary/aromatic N) is 1. The number of amides is 1. The van der Waals surface area contributed by atoms with Crippen molar-refractivity contribution in [2.45, 2.75) is 32.2 Å². The van der Waals surface area contributed by atoms with Gasteiger partial charge in [-0.05, 0) is 38.4 Å². The van der Waals surface area contributed by atoms with Gasteiger partial charge in [0.25, 0.3) is 5.91 Å². The van der Waals surface area contributed by atoms with Crippen molar-refractivity contribution < 1.29 is 9.18 Å². The summed E-state index contributed by atoms with van der Waals surface area (Å²) in [5, 5.41) is 2.88. The normalized spacial score (nSPS) is 14.1. The van der Waals surface area contributed by atoms with Gasteiger partial charge in [-0.15, -0.1) is 0 Å². The van der Waals surface area contributed by atoms with E-state index in [1.54, 1.807) is 0 Å². The van der Waals surface area contributed by atoms with Crippen LogP contribution in [0, 0.1) is 5.82 Å². The molecule has 1 atom stereocenters. The van der Waals surface area contributed by atoms with Crippen molar-refractivity contribution in [3.8, 4) is 0 Å². The highest BCUT2D eigenvalue weighted by Gasteiger charge is 2.24. The lowest BCUT2D eigenvalue weighted by molar-refractivity contribution is 0.0894. The molecular formula is C12H18FN3O. The van der Waals surface area contributed by atoms with Crippen LogP contribution in [0.15, 0.2) is 18.3 Å². The molecule has 1 aromatic heterocycles. The Kier molecular flexibility index (Phi) is 4.57. The van der Waals surface area contributed by atoms with E-state index in [9.17, 15) is 9.18 Å². The third-order valence-corrected chi connectivity index (χ3v) is 2.85. The fourth-order valence-corrected chi connectivity index (χ4v) is 1.49. The number of aromatic nitrogens is 1. The number of carbonyl (C=O) groups excluding carboxylic acids is 1. The molecule has 1 rings (SSSR count). The predicted octanol–water partition coefficient (Wildman–Crippen LogP) is 1.47. The zero-order valence-corrected chi connectivity index (χ0v) is 10.2. The standard InChI is InChI=1S/C12H18FN3O/c1-3-12(2,6-7-14)16-11(17)10-5-4-9(13)8-15-10/h4-5,8H,3,6-7,14H2,1-2H3,(H,16,17). The molecule has 0 aromatic carbocycles.